The monoisotopic (exact) mass is 205 g/mol. The molecule has 0 aromatic carbocycles. The van der Waals surface area contributed by atoms with Crippen molar-refractivity contribution < 1.29 is 0 Å². The van der Waals surface area contributed by atoms with Gasteiger partial charge in [-0.3, -0.25) is 4.98 Å². The Morgan fingerprint density at radius 1 is 1.20 bits per heavy atom. The van der Waals surface area contributed by atoms with Crippen LogP contribution >= 0.6 is 0 Å². The number of nitrogens with zero attached hydrogens (tertiary/aromatic N) is 2. The van der Waals surface area contributed by atoms with Crippen LogP contribution in [-0.2, 0) is 6.42 Å². The van der Waals surface area contributed by atoms with Crippen LogP contribution < -0.4 is 5.73 Å². The molecule has 0 bridgehead atoms. The number of nitrogens with two attached hydrogens (primary N) is 1. The quantitative estimate of drug-likeness (QED) is 0.816. The number of pyridine rings is 1. The SMILES string of the molecule is Nc1ccc(CCN2CCCCC2)nc1. The van der Waals surface area contributed by atoms with E-state index in [1.54, 1.807) is 6.20 Å². The summed E-state index contributed by atoms with van der Waals surface area (Å²) in [5.74, 6) is 0. The highest BCUT2D eigenvalue weighted by Crippen LogP contribution is 2.09. The molecular formula is C12H19N3. The van der Waals surface area contributed by atoms with Crippen molar-refractivity contribution in [2.75, 3.05) is 25.4 Å². The Morgan fingerprint density at radius 3 is 2.67 bits per heavy atom. The van der Waals surface area contributed by atoms with Crippen molar-refractivity contribution in [2.45, 2.75) is 25.7 Å². The molecule has 2 N–H and O–H groups in total. The summed E-state index contributed by atoms with van der Waals surface area (Å²) in [6, 6.07) is 3.96. The molecule has 0 unspecified atom stereocenters. The Bertz CT molecular complexity index is 288. The van der Waals surface area contributed by atoms with Gasteiger partial charge in [0.15, 0.2) is 0 Å². The fourth-order valence-corrected chi connectivity index (χ4v) is 2.04. The molecule has 3 nitrogen and oxygen atoms in total. The molecule has 15 heavy (non-hydrogen) atoms. The maximum atomic E-state index is 5.59. The Balaban J connectivity index is 1.79. The highest BCUT2D eigenvalue weighted by atomic mass is 15.1. The van der Waals surface area contributed by atoms with Crippen LogP contribution in [0.5, 0.6) is 0 Å². The third-order valence-electron chi connectivity index (χ3n) is 2.98. The van der Waals surface area contributed by atoms with Gasteiger partial charge in [-0.2, -0.15) is 0 Å². The third-order valence-corrected chi connectivity index (χ3v) is 2.98. The molecule has 82 valence electrons. The van der Waals surface area contributed by atoms with Gasteiger partial charge in [0, 0.05) is 18.7 Å². The molecule has 2 rings (SSSR count). The van der Waals surface area contributed by atoms with Gasteiger partial charge in [-0.25, -0.2) is 0 Å². The Morgan fingerprint density at radius 2 is 2.00 bits per heavy atom. The van der Waals surface area contributed by atoms with Crippen molar-refractivity contribution >= 4 is 5.69 Å². The fraction of sp³-hybridized carbons (Fsp3) is 0.583. The molecule has 0 radical (unpaired) electrons. The summed E-state index contributed by atoms with van der Waals surface area (Å²) in [5.41, 5.74) is 7.49. The number of aromatic nitrogens is 1. The third kappa shape index (κ3) is 3.20. The van der Waals surface area contributed by atoms with E-state index in [4.69, 9.17) is 5.73 Å². The maximum Gasteiger partial charge on any atom is 0.0501 e. The number of piperidine rings is 1. The van der Waals surface area contributed by atoms with E-state index in [0.29, 0.717) is 0 Å². The molecule has 1 fully saturated rings. The molecule has 3 heteroatoms. The van der Waals surface area contributed by atoms with Crippen LogP contribution in [0, 0.1) is 0 Å². The van der Waals surface area contributed by atoms with Gasteiger partial charge in [-0.05, 0) is 38.1 Å². The molecule has 1 saturated heterocycles. The number of likely N-dealkylation sites (tertiary alicyclic amines) is 1. The van der Waals surface area contributed by atoms with Crippen molar-refractivity contribution in [2.24, 2.45) is 0 Å². The first-order valence-electron chi connectivity index (χ1n) is 5.77. The van der Waals surface area contributed by atoms with E-state index in [2.05, 4.69) is 9.88 Å². The summed E-state index contributed by atoms with van der Waals surface area (Å²) in [6.45, 7) is 3.65. The smallest absolute Gasteiger partial charge is 0.0501 e. The summed E-state index contributed by atoms with van der Waals surface area (Å²) in [4.78, 5) is 6.84. The number of hydrogen-bond donors (Lipinski definition) is 1. The zero-order valence-electron chi connectivity index (χ0n) is 9.15. The molecule has 1 aliphatic rings. The van der Waals surface area contributed by atoms with Crippen molar-refractivity contribution in [1.82, 2.24) is 9.88 Å². The predicted molar refractivity (Wildman–Crippen MR) is 62.6 cm³/mol. The lowest BCUT2D eigenvalue weighted by Crippen LogP contribution is -2.31. The largest absolute Gasteiger partial charge is 0.397 e. The highest BCUT2D eigenvalue weighted by Gasteiger charge is 2.09. The second-order valence-corrected chi connectivity index (χ2v) is 4.24. The number of nitrogen functional groups attached to an aromatic ring is 1. The lowest BCUT2D eigenvalue weighted by molar-refractivity contribution is 0.231. The predicted octanol–water partition coefficient (Wildman–Crippen LogP) is 1.69. The molecule has 0 spiro atoms. The molecule has 2 heterocycles. The average molecular weight is 205 g/mol. The van der Waals surface area contributed by atoms with Gasteiger partial charge in [0.05, 0.1) is 11.9 Å². The molecule has 0 aliphatic carbocycles. The average Bonchev–Trinajstić information content (AvgIpc) is 2.30. The van der Waals surface area contributed by atoms with E-state index in [9.17, 15) is 0 Å². The minimum absolute atomic E-state index is 0.747. The van der Waals surface area contributed by atoms with Crippen molar-refractivity contribution in [3.8, 4) is 0 Å². The Kier molecular flexibility index (Phi) is 3.56. The maximum absolute atomic E-state index is 5.59. The van der Waals surface area contributed by atoms with Crippen LogP contribution in [0.4, 0.5) is 5.69 Å². The van der Waals surface area contributed by atoms with Gasteiger partial charge in [-0.1, -0.05) is 6.42 Å². The van der Waals surface area contributed by atoms with E-state index >= 15 is 0 Å². The van der Waals surface area contributed by atoms with Crippen LogP contribution in [0.25, 0.3) is 0 Å². The number of hydrogen-bond acceptors (Lipinski definition) is 3. The molecule has 0 amide bonds. The van der Waals surface area contributed by atoms with Crippen LogP contribution in [0.15, 0.2) is 18.3 Å². The topological polar surface area (TPSA) is 42.1 Å². The van der Waals surface area contributed by atoms with Gasteiger partial charge in [-0.15, -0.1) is 0 Å². The zero-order chi connectivity index (χ0) is 10.5. The molecule has 1 aromatic rings. The van der Waals surface area contributed by atoms with Crippen molar-refractivity contribution in [3.63, 3.8) is 0 Å². The fourth-order valence-electron chi connectivity index (χ4n) is 2.04. The van der Waals surface area contributed by atoms with E-state index in [-0.39, 0.29) is 0 Å². The van der Waals surface area contributed by atoms with Crippen LogP contribution in [0.3, 0.4) is 0 Å². The van der Waals surface area contributed by atoms with Crippen LogP contribution in [0.1, 0.15) is 25.0 Å². The summed E-state index contributed by atoms with van der Waals surface area (Å²) >= 11 is 0. The first-order valence-corrected chi connectivity index (χ1v) is 5.77. The lowest BCUT2D eigenvalue weighted by Gasteiger charge is -2.26. The van der Waals surface area contributed by atoms with Gasteiger partial charge < -0.3 is 10.6 Å². The zero-order valence-corrected chi connectivity index (χ0v) is 9.15. The first-order chi connectivity index (χ1) is 7.34. The van der Waals surface area contributed by atoms with E-state index < -0.39 is 0 Å². The van der Waals surface area contributed by atoms with E-state index in [1.807, 2.05) is 12.1 Å². The molecule has 0 atom stereocenters. The lowest BCUT2D eigenvalue weighted by atomic mass is 10.1. The normalized spacial score (nSPS) is 17.9. The second kappa shape index (κ2) is 5.12. The molecule has 1 aromatic heterocycles. The highest BCUT2D eigenvalue weighted by molar-refractivity contribution is 5.34. The number of rotatable bonds is 3. The molecule has 0 saturated carbocycles. The summed E-state index contributed by atoms with van der Waals surface area (Å²) in [7, 11) is 0. The second-order valence-electron chi connectivity index (χ2n) is 4.24. The number of anilines is 1. The minimum atomic E-state index is 0.747. The van der Waals surface area contributed by atoms with Crippen molar-refractivity contribution in [1.29, 1.82) is 0 Å². The van der Waals surface area contributed by atoms with Crippen molar-refractivity contribution in [3.05, 3.63) is 24.0 Å². The van der Waals surface area contributed by atoms with Crippen LogP contribution in [-0.4, -0.2) is 29.5 Å². The van der Waals surface area contributed by atoms with Gasteiger partial charge in [0.25, 0.3) is 0 Å². The molecule has 1 aliphatic heterocycles. The van der Waals surface area contributed by atoms with Gasteiger partial charge in [0.2, 0.25) is 0 Å². The Labute approximate surface area is 91.3 Å². The van der Waals surface area contributed by atoms with E-state index in [1.165, 1.54) is 32.4 Å². The molecular weight excluding hydrogens is 186 g/mol. The van der Waals surface area contributed by atoms with E-state index in [0.717, 1.165) is 24.3 Å². The summed E-state index contributed by atoms with van der Waals surface area (Å²) in [5, 5.41) is 0. The standard InChI is InChI=1S/C12H19N3/c13-11-4-5-12(14-10-11)6-9-15-7-2-1-3-8-15/h4-5,10H,1-3,6-9,13H2. The Hall–Kier alpha value is -1.09. The van der Waals surface area contributed by atoms with Crippen LogP contribution in [0.2, 0.25) is 0 Å². The van der Waals surface area contributed by atoms with Gasteiger partial charge >= 0.3 is 0 Å². The van der Waals surface area contributed by atoms with Gasteiger partial charge in [0.1, 0.15) is 0 Å². The first kappa shape index (κ1) is 10.4. The minimum Gasteiger partial charge on any atom is -0.397 e. The summed E-state index contributed by atoms with van der Waals surface area (Å²) < 4.78 is 0. The summed E-state index contributed by atoms with van der Waals surface area (Å²) in [6.07, 6.45) is 6.90.